The van der Waals surface area contributed by atoms with E-state index in [9.17, 15) is 28.7 Å². The number of benzene rings is 1. The van der Waals surface area contributed by atoms with E-state index in [2.05, 4.69) is 17.8 Å². The normalized spacial score (nSPS) is 10.5. The third-order valence-electron chi connectivity index (χ3n) is 2.06. The van der Waals surface area contributed by atoms with Gasteiger partial charge in [-0.2, -0.15) is 8.75 Å². The maximum Gasteiger partial charge on any atom is 1.00 e. The van der Waals surface area contributed by atoms with Crippen LogP contribution in [0.4, 0.5) is 0 Å². The maximum absolute atomic E-state index is 10.7. The number of phosphoric acid groups is 2. The van der Waals surface area contributed by atoms with Crippen LogP contribution in [0.5, 0.6) is 11.5 Å². The standard InChI is InChI=1S/C7H8N2O8P2S.4Na/c1-3-2-4(16-18(10,11)12)5-6(9-20-8-5)7(3)17-19(13,14)15;;;;/h2H,1H3,(H2,10,11,12)(H2,13,14,15);;;;/q;4*+1/p-4. The molecule has 1 aromatic carbocycles. The van der Waals surface area contributed by atoms with Crippen LogP contribution in [0.1, 0.15) is 5.56 Å². The van der Waals surface area contributed by atoms with Crippen molar-refractivity contribution in [1.82, 2.24) is 8.75 Å². The van der Waals surface area contributed by atoms with Gasteiger partial charge in [-0.1, -0.05) is 0 Å². The van der Waals surface area contributed by atoms with E-state index in [4.69, 9.17) is 0 Å². The summed E-state index contributed by atoms with van der Waals surface area (Å²) in [5.41, 5.74) is -0.345. The average molecular weight is 430 g/mol. The summed E-state index contributed by atoms with van der Waals surface area (Å²) in [5.74, 6) is -0.806. The molecule has 2 aromatic rings. The van der Waals surface area contributed by atoms with Gasteiger partial charge < -0.3 is 37.8 Å². The number of fused-ring (bicyclic) bond motifs is 1. The van der Waals surface area contributed by atoms with Crippen LogP contribution in [0.25, 0.3) is 11.0 Å². The van der Waals surface area contributed by atoms with Crippen LogP contribution in [-0.2, 0) is 9.13 Å². The van der Waals surface area contributed by atoms with E-state index in [1.165, 1.54) is 6.92 Å². The van der Waals surface area contributed by atoms with E-state index in [1.54, 1.807) is 0 Å². The summed E-state index contributed by atoms with van der Waals surface area (Å²) in [6.07, 6.45) is 0. The first-order valence-electron chi connectivity index (χ1n) is 4.76. The summed E-state index contributed by atoms with van der Waals surface area (Å²) in [6.45, 7) is 1.32. The minimum atomic E-state index is -5.33. The van der Waals surface area contributed by atoms with E-state index in [0.717, 1.165) is 6.07 Å². The quantitative estimate of drug-likeness (QED) is 0.335. The molecule has 2 rings (SSSR count). The molecule has 0 N–H and O–H groups in total. The van der Waals surface area contributed by atoms with Gasteiger partial charge in [-0.15, -0.1) is 0 Å². The summed E-state index contributed by atoms with van der Waals surface area (Å²) >= 11 is 0.594. The second-order valence-corrected chi connectivity index (χ2v) is 6.24. The van der Waals surface area contributed by atoms with Crippen molar-refractivity contribution in [3.8, 4) is 11.5 Å². The van der Waals surface area contributed by atoms with E-state index < -0.39 is 21.4 Å². The Labute approximate surface area is 229 Å². The molecule has 0 fully saturated rings. The minimum absolute atomic E-state index is 0. The molecule has 0 radical (unpaired) electrons. The van der Waals surface area contributed by atoms with Crippen molar-refractivity contribution in [3.05, 3.63) is 11.6 Å². The molecule has 0 aliphatic rings. The summed E-state index contributed by atoms with van der Waals surface area (Å²) < 4.78 is 37.1. The molecule has 0 aliphatic heterocycles. The number of hydrogen-bond acceptors (Lipinski definition) is 11. The molecule has 0 unspecified atom stereocenters. The van der Waals surface area contributed by atoms with Gasteiger partial charge in [0.15, 0.2) is 22.5 Å². The fourth-order valence-electron chi connectivity index (χ4n) is 1.43. The monoisotopic (exact) mass is 430 g/mol. The molecule has 24 heavy (non-hydrogen) atoms. The summed E-state index contributed by atoms with van der Waals surface area (Å²) in [5, 5.41) is 0. The first kappa shape index (κ1) is 31.6. The summed E-state index contributed by atoms with van der Waals surface area (Å²) in [6, 6.07) is 1.01. The van der Waals surface area contributed by atoms with Crippen LogP contribution < -0.4 is 147 Å². The van der Waals surface area contributed by atoms with Gasteiger partial charge in [-0.05, 0) is 18.6 Å². The number of phosphoric ester groups is 2. The van der Waals surface area contributed by atoms with Gasteiger partial charge in [0.05, 0.1) is 11.7 Å². The molecule has 0 amide bonds. The van der Waals surface area contributed by atoms with Crippen molar-refractivity contribution >= 4 is 38.4 Å². The maximum atomic E-state index is 10.7. The second-order valence-electron chi connectivity index (χ2n) is 3.56. The Kier molecular flexibility index (Phi) is 16.5. The molecule has 0 aliphatic carbocycles. The molecule has 0 spiro atoms. The molecule has 0 atom stereocenters. The van der Waals surface area contributed by atoms with Gasteiger partial charge in [-0.25, -0.2) is 0 Å². The fourth-order valence-corrected chi connectivity index (χ4v) is 2.82. The van der Waals surface area contributed by atoms with Gasteiger partial charge in [0, 0.05) is 0 Å². The second kappa shape index (κ2) is 12.5. The molecule has 0 saturated carbocycles. The van der Waals surface area contributed by atoms with Crippen LogP contribution in [0, 0.1) is 6.92 Å². The largest absolute Gasteiger partial charge is 1.00 e. The predicted octanol–water partition coefficient (Wildman–Crippen LogP) is -13.6. The first-order chi connectivity index (χ1) is 9.07. The van der Waals surface area contributed by atoms with Crippen molar-refractivity contribution < 1.29 is 156 Å². The van der Waals surface area contributed by atoms with Gasteiger partial charge in [0.1, 0.15) is 15.6 Å². The van der Waals surface area contributed by atoms with Crippen molar-refractivity contribution in [2.24, 2.45) is 0 Å². The predicted molar refractivity (Wildman–Crippen MR) is 58.6 cm³/mol. The Balaban J connectivity index is -0.00000110. The number of aryl methyl sites for hydroxylation is 1. The Morgan fingerprint density at radius 1 is 0.917 bits per heavy atom. The van der Waals surface area contributed by atoms with Gasteiger partial charge in [0.25, 0.3) is 0 Å². The number of rotatable bonds is 4. The van der Waals surface area contributed by atoms with E-state index in [-0.39, 0.29) is 141 Å². The van der Waals surface area contributed by atoms with Crippen LogP contribution in [-0.4, -0.2) is 8.75 Å². The van der Waals surface area contributed by atoms with Crippen molar-refractivity contribution in [1.29, 1.82) is 0 Å². The topological polar surface area (TPSA) is 171 Å². The zero-order valence-corrected chi connectivity index (χ0v) is 24.1. The smallest absolute Gasteiger partial charge is 0.780 e. The zero-order valence-electron chi connectivity index (χ0n) is 13.5. The summed E-state index contributed by atoms with van der Waals surface area (Å²) in [7, 11) is -10.7. The first-order valence-corrected chi connectivity index (χ1v) is 8.41. The minimum Gasteiger partial charge on any atom is -0.780 e. The Morgan fingerprint density at radius 2 is 1.38 bits per heavy atom. The van der Waals surface area contributed by atoms with Gasteiger partial charge >= 0.3 is 118 Å². The SMILES string of the molecule is Cc1cc(OP(=O)([O-])[O-])c2nsnc2c1OP(=O)([O-])[O-].[Na+].[Na+].[Na+].[Na+]. The molecular weight excluding hydrogens is 426 g/mol. The van der Waals surface area contributed by atoms with E-state index in [0.29, 0.717) is 11.7 Å². The average Bonchev–Trinajstić information content (AvgIpc) is 2.69. The zero-order chi connectivity index (χ0) is 15.1. The Morgan fingerprint density at radius 3 is 1.83 bits per heavy atom. The van der Waals surface area contributed by atoms with Crippen LogP contribution in [0.2, 0.25) is 0 Å². The molecule has 110 valence electrons. The molecule has 1 aromatic heterocycles. The molecule has 1 heterocycles. The fraction of sp³-hybridized carbons (Fsp3) is 0.143. The van der Waals surface area contributed by atoms with E-state index in [1.807, 2.05) is 0 Å². The molecule has 0 bridgehead atoms. The van der Waals surface area contributed by atoms with Crippen LogP contribution in [0.3, 0.4) is 0 Å². The summed E-state index contributed by atoms with van der Waals surface area (Å²) in [4.78, 5) is 42.6. The van der Waals surface area contributed by atoms with Crippen molar-refractivity contribution in [2.45, 2.75) is 6.92 Å². The third kappa shape index (κ3) is 9.43. The Bertz CT molecular complexity index is 764. The molecule has 0 saturated heterocycles. The van der Waals surface area contributed by atoms with Crippen molar-refractivity contribution in [2.75, 3.05) is 0 Å². The van der Waals surface area contributed by atoms with Crippen LogP contribution >= 0.6 is 27.4 Å². The van der Waals surface area contributed by atoms with Crippen LogP contribution in [0.15, 0.2) is 6.07 Å². The number of aromatic nitrogens is 2. The molecule has 10 nitrogen and oxygen atoms in total. The van der Waals surface area contributed by atoms with Crippen molar-refractivity contribution in [3.63, 3.8) is 0 Å². The third-order valence-corrected chi connectivity index (χ3v) is 3.41. The van der Waals surface area contributed by atoms with Gasteiger partial charge in [0.2, 0.25) is 0 Å². The number of hydrogen-bond donors (Lipinski definition) is 0. The number of nitrogens with zero attached hydrogens (tertiary/aromatic N) is 2. The van der Waals surface area contributed by atoms with Gasteiger partial charge in [-0.3, -0.25) is 0 Å². The molecular formula is C7H4N2Na4O8P2S. The van der Waals surface area contributed by atoms with E-state index >= 15 is 0 Å². The molecule has 17 heteroatoms. The Hall–Kier alpha value is 2.94.